The number of ether oxygens (including phenoxy) is 2. The summed E-state index contributed by atoms with van der Waals surface area (Å²) in [6.45, 7) is 2.35. The van der Waals surface area contributed by atoms with E-state index in [1.165, 1.54) is 5.56 Å². The van der Waals surface area contributed by atoms with Gasteiger partial charge in [-0.3, -0.25) is 0 Å². The average Bonchev–Trinajstić information content (AvgIpc) is 3.35. The molecule has 0 amide bonds. The third-order valence-corrected chi connectivity index (χ3v) is 5.23. The molecule has 4 rings (SSSR count). The van der Waals surface area contributed by atoms with Crippen LogP contribution in [0.5, 0.6) is 11.5 Å². The van der Waals surface area contributed by atoms with Gasteiger partial charge < -0.3 is 19.3 Å². The van der Waals surface area contributed by atoms with Crippen LogP contribution >= 0.6 is 11.3 Å². The zero-order valence-electron chi connectivity index (χ0n) is 15.7. The molecule has 2 aromatic carbocycles. The van der Waals surface area contributed by atoms with E-state index < -0.39 is 0 Å². The first-order valence-electron chi connectivity index (χ1n) is 9.23. The van der Waals surface area contributed by atoms with Gasteiger partial charge >= 0.3 is 0 Å². The Morgan fingerprint density at radius 3 is 2.89 bits per heavy atom. The number of benzene rings is 2. The maximum atomic E-state index is 5.91. The fraction of sp³-hybridized carbons (Fsp3) is 0.227. The number of nitrogens with one attached hydrogen (secondary N) is 1. The number of rotatable bonds is 9. The number of hydrogen-bond acceptors (Lipinski definition) is 6. The van der Waals surface area contributed by atoms with Gasteiger partial charge in [-0.1, -0.05) is 29.4 Å². The molecule has 144 valence electrons. The molecule has 0 unspecified atom stereocenters. The Morgan fingerprint density at radius 2 is 1.96 bits per heavy atom. The molecule has 4 aromatic rings. The summed E-state index contributed by atoms with van der Waals surface area (Å²) in [4.78, 5) is 0.920. The minimum Gasteiger partial charge on any atom is -0.497 e. The lowest BCUT2D eigenvalue weighted by atomic mass is 10.1. The van der Waals surface area contributed by atoms with E-state index in [1.807, 2.05) is 53.9 Å². The standard InChI is InChI=1S/C22H22N2O3S/c1-25-18-7-2-5-16(13-18)15-23-10-4-11-26-19-8-3-6-17(14-19)21-20-9-12-28-22(20)24-27-21/h2-3,5-9,12-14,23H,4,10-11,15H2,1H3. The summed E-state index contributed by atoms with van der Waals surface area (Å²) in [6, 6.07) is 18.1. The first-order valence-corrected chi connectivity index (χ1v) is 10.1. The van der Waals surface area contributed by atoms with Gasteiger partial charge in [0, 0.05) is 12.1 Å². The van der Waals surface area contributed by atoms with Crippen LogP contribution in [0.25, 0.3) is 21.5 Å². The molecule has 0 bridgehead atoms. The molecule has 28 heavy (non-hydrogen) atoms. The van der Waals surface area contributed by atoms with Crippen molar-refractivity contribution in [3.8, 4) is 22.8 Å². The van der Waals surface area contributed by atoms with Crippen LogP contribution in [0, 0.1) is 0 Å². The maximum Gasteiger partial charge on any atom is 0.175 e. The number of thiophene rings is 1. The molecule has 0 atom stereocenters. The van der Waals surface area contributed by atoms with Crippen LogP contribution in [0.3, 0.4) is 0 Å². The number of nitrogens with zero attached hydrogens (tertiary/aromatic N) is 1. The summed E-state index contributed by atoms with van der Waals surface area (Å²) in [6.07, 6.45) is 0.922. The van der Waals surface area contributed by atoms with Crippen molar-refractivity contribution in [3.05, 3.63) is 65.5 Å². The van der Waals surface area contributed by atoms with Crippen LogP contribution in [-0.4, -0.2) is 25.4 Å². The zero-order valence-corrected chi connectivity index (χ0v) is 16.5. The van der Waals surface area contributed by atoms with Gasteiger partial charge in [-0.15, -0.1) is 11.3 Å². The normalized spacial score (nSPS) is 11.0. The first kappa shape index (κ1) is 18.5. The second-order valence-electron chi connectivity index (χ2n) is 6.41. The predicted octanol–water partition coefficient (Wildman–Crippen LogP) is 5.12. The van der Waals surface area contributed by atoms with Crippen LogP contribution in [0.4, 0.5) is 0 Å². The van der Waals surface area contributed by atoms with Gasteiger partial charge in [-0.2, -0.15) is 0 Å². The SMILES string of the molecule is COc1cccc(CNCCCOc2cccc(-c3onc4sccc34)c2)c1. The van der Waals surface area contributed by atoms with Gasteiger partial charge in [0.1, 0.15) is 11.5 Å². The molecule has 0 saturated carbocycles. The second kappa shape index (κ2) is 8.91. The lowest BCUT2D eigenvalue weighted by Crippen LogP contribution is -2.17. The van der Waals surface area contributed by atoms with E-state index in [4.69, 9.17) is 14.0 Å². The van der Waals surface area contributed by atoms with Gasteiger partial charge in [0.2, 0.25) is 0 Å². The van der Waals surface area contributed by atoms with Crippen LogP contribution in [-0.2, 0) is 6.54 Å². The van der Waals surface area contributed by atoms with E-state index in [9.17, 15) is 0 Å². The van der Waals surface area contributed by atoms with E-state index in [-0.39, 0.29) is 0 Å². The fourth-order valence-electron chi connectivity index (χ4n) is 3.02. The Bertz CT molecular complexity index is 1040. The highest BCUT2D eigenvalue weighted by Crippen LogP contribution is 2.33. The summed E-state index contributed by atoms with van der Waals surface area (Å²) >= 11 is 1.58. The molecule has 6 heteroatoms. The molecular formula is C22H22N2O3S. The van der Waals surface area contributed by atoms with Gasteiger partial charge in [0.25, 0.3) is 0 Å². The molecule has 0 aliphatic rings. The van der Waals surface area contributed by atoms with E-state index in [0.717, 1.165) is 52.5 Å². The van der Waals surface area contributed by atoms with E-state index >= 15 is 0 Å². The summed E-state index contributed by atoms with van der Waals surface area (Å²) in [5.74, 6) is 2.51. The van der Waals surface area contributed by atoms with Gasteiger partial charge in [0.15, 0.2) is 10.6 Å². The molecule has 0 radical (unpaired) electrons. The van der Waals surface area contributed by atoms with E-state index in [0.29, 0.717) is 6.61 Å². The molecule has 1 N–H and O–H groups in total. The third kappa shape index (κ3) is 4.35. The Morgan fingerprint density at radius 1 is 1.07 bits per heavy atom. The molecule has 2 heterocycles. The second-order valence-corrected chi connectivity index (χ2v) is 7.30. The number of hydrogen-bond donors (Lipinski definition) is 1. The van der Waals surface area contributed by atoms with Crippen LogP contribution in [0.15, 0.2) is 64.5 Å². The third-order valence-electron chi connectivity index (χ3n) is 4.44. The highest BCUT2D eigenvalue weighted by atomic mass is 32.1. The zero-order chi connectivity index (χ0) is 19.2. The van der Waals surface area contributed by atoms with Crippen molar-refractivity contribution in [1.29, 1.82) is 0 Å². The predicted molar refractivity (Wildman–Crippen MR) is 112 cm³/mol. The fourth-order valence-corrected chi connectivity index (χ4v) is 3.72. The Balaban J connectivity index is 1.25. The number of aromatic nitrogens is 1. The minimum absolute atomic E-state index is 0.652. The van der Waals surface area contributed by atoms with Crippen molar-refractivity contribution in [2.75, 3.05) is 20.3 Å². The van der Waals surface area contributed by atoms with Crippen LogP contribution in [0.1, 0.15) is 12.0 Å². The van der Waals surface area contributed by atoms with Gasteiger partial charge in [-0.25, -0.2) is 0 Å². The van der Waals surface area contributed by atoms with Gasteiger partial charge in [0.05, 0.1) is 19.1 Å². The summed E-state index contributed by atoms with van der Waals surface area (Å²) in [7, 11) is 1.68. The quantitative estimate of drug-likeness (QED) is 0.399. The van der Waals surface area contributed by atoms with Crippen molar-refractivity contribution in [3.63, 3.8) is 0 Å². The van der Waals surface area contributed by atoms with Crippen molar-refractivity contribution < 1.29 is 14.0 Å². The first-order chi connectivity index (χ1) is 13.8. The molecular weight excluding hydrogens is 372 g/mol. The topological polar surface area (TPSA) is 56.5 Å². The highest BCUT2D eigenvalue weighted by molar-refractivity contribution is 7.16. The van der Waals surface area contributed by atoms with E-state index in [2.05, 4.69) is 16.5 Å². The smallest absolute Gasteiger partial charge is 0.175 e. The Kier molecular flexibility index (Phi) is 5.89. The average molecular weight is 394 g/mol. The van der Waals surface area contributed by atoms with E-state index in [1.54, 1.807) is 18.4 Å². The van der Waals surface area contributed by atoms with Crippen molar-refractivity contribution in [1.82, 2.24) is 10.5 Å². The van der Waals surface area contributed by atoms with Crippen LogP contribution in [0.2, 0.25) is 0 Å². The lowest BCUT2D eigenvalue weighted by molar-refractivity contribution is 0.308. The molecule has 0 fully saturated rings. The molecule has 5 nitrogen and oxygen atoms in total. The largest absolute Gasteiger partial charge is 0.497 e. The monoisotopic (exact) mass is 394 g/mol. The number of fused-ring (bicyclic) bond motifs is 1. The number of methoxy groups -OCH3 is 1. The Hall–Kier alpha value is -2.83. The summed E-state index contributed by atoms with van der Waals surface area (Å²) in [5.41, 5.74) is 2.19. The molecule has 0 spiro atoms. The maximum absolute atomic E-state index is 5.91. The minimum atomic E-state index is 0.652. The molecule has 2 aromatic heterocycles. The Labute approximate surface area is 167 Å². The van der Waals surface area contributed by atoms with Crippen LogP contribution < -0.4 is 14.8 Å². The van der Waals surface area contributed by atoms with Crippen molar-refractivity contribution in [2.24, 2.45) is 0 Å². The van der Waals surface area contributed by atoms with Crippen molar-refractivity contribution >= 4 is 21.6 Å². The highest BCUT2D eigenvalue weighted by Gasteiger charge is 2.12. The summed E-state index contributed by atoms with van der Waals surface area (Å²) < 4.78 is 16.7. The van der Waals surface area contributed by atoms with Crippen molar-refractivity contribution in [2.45, 2.75) is 13.0 Å². The summed E-state index contributed by atoms with van der Waals surface area (Å²) in [5, 5.41) is 10.6. The van der Waals surface area contributed by atoms with Gasteiger partial charge in [-0.05, 0) is 54.2 Å². The molecule has 0 aliphatic carbocycles. The molecule has 0 saturated heterocycles. The molecule has 0 aliphatic heterocycles. The lowest BCUT2D eigenvalue weighted by Gasteiger charge is -2.09.